The molecular weight excluding hydrogens is 267 g/mol. The highest BCUT2D eigenvalue weighted by Crippen LogP contribution is 2.32. The van der Waals surface area contributed by atoms with Gasteiger partial charge in [-0.05, 0) is 37.4 Å². The van der Waals surface area contributed by atoms with Crippen molar-refractivity contribution >= 4 is 11.7 Å². The molecule has 7 heteroatoms. The topological polar surface area (TPSA) is 92.5 Å². The average molecular weight is 282 g/mol. The van der Waals surface area contributed by atoms with Crippen LogP contribution in [0.3, 0.4) is 0 Å². The normalized spacial score (nSPS) is 22.4. The summed E-state index contributed by atoms with van der Waals surface area (Å²) in [6, 6.07) is 3.23. The first-order chi connectivity index (χ1) is 9.43. The Hall–Kier alpha value is -2.02. The van der Waals surface area contributed by atoms with E-state index in [9.17, 15) is 24.4 Å². The van der Waals surface area contributed by atoms with Crippen LogP contribution in [-0.4, -0.2) is 29.1 Å². The molecule has 0 bridgehead atoms. The lowest BCUT2D eigenvalue weighted by Gasteiger charge is -2.33. The second-order valence-electron chi connectivity index (χ2n) is 5.12. The Labute approximate surface area is 114 Å². The summed E-state index contributed by atoms with van der Waals surface area (Å²) in [6.45, 7) is 1.03. The van der Waals surface area contributed by atoms with E-state index in [4.69, 9.17) is 0 Å². The quantitative estimate of drug-likeness (QED) is 0.648. The number of nitro benzene ring substituents is 1. The van der Waals surface area contributed by atoms with Crippen molar-refractivity contribution in [2.24, 2.45) is 5.41 Å². The van der Waals surface area contributed by atoms with Crippen LogP contribution in [0, 0.1) is 21.3 Å². The van der Waals surface area contributed by atoms with Gasteiger partial charge in [0.1, 0.15) is 5.82 Å². The minimum atomic E-state index is -1.03. The molecule has 1 saturated heterocycles. The third-order valence-corrected chi connectivity index (χ3v) is 3.62. The highest BCUT2D eigenvalue weighted by Gasteiger charge is 2.40. The molecule has 1 heterocycles. The number of nitrogens with one attached hydrogen (secondary N) is 1. The first-order valence-corrected chi connectivity index (χ1v) is 6.31. The van der Waals surface area contributed by atoms with Crippen molar-refractivity contribution in [2.75, 3.05) is 13.1 Å². The summed E-state index contributed by atoms with van der Waals surface area (Å²) >= 11 is 0. The molecule has 0 amide bonds. The van der Waals surface area contributed by atoms with Gasteiger partial charge >= 0.3 is 5.97 Å². The maximum Gasteiger partial charge on any atom is 0.311 e. The van der Waals surface area contributed by atoms with Crippen molar-refractivity contribution in [3.63, 3.8) is 0 Å². The summed E-state index contributed by atoms with van der Waals surface area (Å²) in [5, 5.41) is 23.2. The summed E-state index contributed by atoms with van der Waals surface area (Å²) in [4.78, 5) is 21.6. The third kappa shape index (κ3) is 2.93. The average Bonchev–Trinajstić information content (AvgIpc) is 2.38. The fourth-order valence-corrected chi connectivity index (χ4v) is 2.61. The standard InChI is InChI=1S/C13H15FN2O4/c14-10-4-9(5-11(6-10)16(19)20)7-13(12(17)18)2-1-3-15-8-13/h4-6,15H,1-3,7-8H2,(H,17,18). The lowest BCUT2D eigenvalue weighted by molar-refractivity contribution is -0.385. The van der Waals surface area contributed by atoms with E-state index in [1.165, 1.54) is 6.07 Å². The zero-order valence-corrected chi connectivity index (χ0v) is 10.8. The second-order valence-corrected chi connectivity index (χ2v) is 5.12. The maximum absolute atomic E-state index is 13.4. The van der Waals surface area contributed by atoms with Crippen LogP contribution >= 0.6 is 0 Å². The molecule has 2 rings (SSSR count). The molecule has 1 fully saturated rings. The molecule has 1 unspecified atom stereocenters. The Morgan fingerprint density at radius 3 is 2.80 bits per heavy atom. The highest BCUT2D eigenvalue weighted by molar-refractivity contribution is 5.75. The van der Waals surface area contributed by atoms with E-state index >= 15 is 0 Å². The monoisotopic (exact) mass is 282 g/mol. The van der Waals surface area contributed by atoms with Crippen molar-refractivity contribution in [3.8, 4) is 0 Å². The summed E-state index contributed by atoms with van der Waals surface area (Å²) in [5.74, 6) is -1.69. The van der Waals surface area contributed by atoms with Crippen LogP contribution < -0.4 is 5.32 Å². The molecule has 1 aromatic carbocycles. The summed E-state index contributed by atoms with van der Waals surface area (Å²) in [7, 11) is 0. The Balaban J connectivity index is 2.31. The first kappa shape index (κ1) is 14.4. The molecule has 1 atom stereocenters. The Kier molecular flexibility index (Phi) is 3.99. The summed E-state index contributed by atoms with van der Waals surface area (Å²) < 4.78 is 13.4. The smallest absolute Gasteiger partial charge is 0.311 e. The van der Waals surface area contributed by atoms with E-state index < -0.39 is 22.1 Å². The van der Waals surface area contributed by atoms with Crippen LogP contribution in [0.25, 0.3) is 0 Å². The molecule has 20 heavy (non-hydrogen) atoms. The van der Waals surface area contributed by atoms with E-state index in [1.807, 2.05) is 0 Å². The number of hydrogen-bond acceptors (Lipinski definition) is 4. The minimum absolute atomic E-state index is 0.0773. The summed E-state index contributed by atoms with van der Waals surface area (Å²) in [6.07, 6.45) is 1.26. The summed E-state index contributed by atoms with van der Waals surface area (Å²) in [5.41, 5.74) is -1.05. The van der Waals surface area contributed by atoms with E-state index in [-0.39, 0.29) is 18.7 Å². The number of rotatable bonds is 4. The van der Waals surface area contributed by atoms with Crippen LogP contribution in [0.5, 0.6) is 0 Å². The van der Waals surface area contributed by atoms with Gasteiger partial charge in [-0.15, -0.1) is 0 Å². The zero-order chi connectivity index (χ0) is 14.8. The number of benzene rings is 1. The minimum Gasteiger partial charge on any atom is -0.481 e. The van der Waals surface area contributed by atoms with Crippen LogP contribution in [-0.2, 0) is 11.2 Å². The number of nitro groups is 1. The molecule has 0 radical (unpaired) electrons. The highest BCUT2D eigenvalue weighted by atomic mass is 19.1. The fraction of sp³-hybridized carbons (Fsp3) is 0.462. The Bertz CT molecular complexity index is 541. The van der Waals surface area contributed by atoms with Gasteiger partial charge in [-0.2, -0.15) is 0 Å². The van der Waals surface area contributed by atoms with Crippen molar-refractivity contribution < 1.29 is 19.2 Å². The molecule has 1 aromatic rings. The van der Waals surface area contributed by atoms with E-state index in [0.717, 1.165) is 18.7 Å². The fourth-order valence-electron chi connectivity index (χ4n) is 2.61. The van der Waals surface area contributed by atoms with Crippen molar-refractivity contribution in [1.82, 2.24) is 5.32 Å². The van der Waals surface area contributed by atoms with Crippen LogP contribution in [0.1, 0.15) is 18.4 Å². The van der Waals surface area contributed by atoms with Crippen LogP contribution in [0.15, 0.2) is 18.2 Å². The molecule has 0 saturated carbocycles. The zero-order valence-electron chi connectivity index (χ0n) is 10.8. The number of carboxylic acids is 1. The number of nitrogens with zero attached hydrogens (tertiary/aromatic N) is 1. The molecule has 108 valence electrons. The number of aliphatic carboxylic acids is 1. The van der Waals surface area contributed by atoms with Crippen molar-refractivity contribution in [2.45, 2.75) is 19.3 Å². The first-order valence-electron chi connectivity index (χ1n) is 6.31. The van der Waals surface area contributed by atoms with Gasteiger partial charge in [-0.1, -0.05) is 0 Å². The lowest BCUT2D eigenvalue weighted by Crippen LogP contribution is -2.47. The molecule has 2 N–H and O–H groups in total. The van der Waals surface area contributed by atoms with Crippen LogP contribution in [0.2, 0.25) is 0 Å². The Morgan fingerprint density at radius 1 is 1.50 bits per heavy atom. The molecule has 0 aromatic heterocycles. The van der Waals surface area contributed by atoms with Gasteiger partial charge < -0.3 is 10.4 Å². The number of non-ortho nitro benzene ring substituents is 1. The van der Waals surface area contributed by atoms with Gasteiger partial charge in [0, 0.05) is 12.6 Å². The second kappa shape index (κ2) is 5.54. The van der Waals surface area contributed by atoms with Crippen LogP contribution in [0.4, 0.5) is 10.1 Å². The van der Waals surface area contributed by atoms with Gasteiger partial charge in [-0.25, -0.2) is 4.39 Å². The molecule has 0 spiro atoms. The number of halogens is 1. The molecule has 1 aliphatic rings. The van der Waals surface area contributed by atoms with E-state index in [0.29, 0.717) is 18.4 Å². The van der Waals surface area contributed by atoms with Gasteiger partial charge in [-0.3, -0.25) is 14.9 Å². The van der Waals surface area contributed by atoms with Crippen molar-refractivity contribution in [3.05, 3.63) is 39.7 Å². The van der Waals surface area contributed by atoms with Gasteiger partial charge in [0.15, 0.2) is 0 Å². The van der Waals surface area contributed by atoms with Gasteiger partial charge in [0.2, 0.25) is 0 Å². The van der Waals surface area contributed by atoms with E-state index in [1.54, 1.807) is 0 Å². The molecule has 0 aliphatic carbocycles. The Morgan fingerprint density at radius 2 is 2.25 bits per heavy atom. The molecule has 1 aliphatic heterocycles. The number of carboxylic acid groups (broad SMARTS) is 1. The number of piperidine rings is 1. The lowest BCUT2D eigenvalue weighted by atomic mass is 9.76. The van der Waals surface area contributed by atoms with Crippen molar-refractivity contribution in [1.29, 1.82) is 0 Å². The van der Waals surface area contributed by atoms with Gasteiger partial charge in [0.05, 0.1) is 16.4 Å². The van der Waals surface area contributed by atoms with E-state index in [2.05, 4.69) is 5.32 Å². The molecular formula is C13H15FN2O4. The largest absolute Gasteiger partial charge is 0.481 e. The number of carbonyl (C=O) groups is 1. The predicted molar refractivity (Wildman–Crippen MR) is 68.9 cm³/mol. The SMILES string of the molecule is O=C(O)C1(Cc2cc(F)cc([N+](=O)[O-])c2)CCCNC1. The van der Waals surface area contributed by atoms with Gasteiger partial charge in [0.25, 0.3) is 5.69 Å². The predicted octanol–water partition coefficient (Wildman–Crippen LogP) is 1.73. The molecule has 6 nitrogen and oxygen atoms in total. The number of hydrogen-bond donors (Lipinski definition) is 2. The third-order valence-electron chi connectivity index (χ3n) is 3.62. The maximum atomic E-state index is 13.4.